The third-order valence-corrected chi connectivity index (χ3v) is 5.46. The largest absolute Gasteiger partial charge is 0.573 e. The van der Waals surface area contributed by atoms with Gasteiger partial charge in [-0.2, -0.15) is 0 Å². The summed E-state index contributed by atoms with van der Waals surface area (Å²) in [6.45, 7) is 2.26. The molecule has 154 valence electrons. The molecule has 0 atom stereocenters. The molecule has 9 heteroatoms. The van der Waals surface area contributed by atoms with E-state index in [9.17, 15) is 22.4 Å². The zero-order chi connectivity index (χ0) is 20.9. The molecule has 3 aliphatic carbocycles. The van der Waals surface area contributed by atoms with E-state index in [0.29, 0.717) is 11.3 Å². The highest BCUT2D eigenvalue weighted by molar-refractivity contribution is 5.74. The predicted octanol–water partition coefficient (Wildman–Crippen LogP) is 4.26. The zero-order valence-electron chi connectivity index (χ0n) is 15.6. The van der Waals surface area contributed by atoms with Crippen molar-refractivity contribution in [3.05, 3.63) is 42.3 Å². The number of rotatable bonds is 6. The second-order valence-corrected chi connectivity index (χ2v) is 7.97. The predicted molar refractivity (Wildman–Crippen MR) is 97.6 cm³/mol. The second-order valence-electron chi connectivity index (χ2n) is 7.97. The monoisotopic (exact) mass is 409 g/mol. The van der Waals surface area contributed by atoms with E-state index in [2.05, 4.69) is 20.4 Å². The van der Waals surface area contributed by atoms with Crippen LogP contribution in [0.1, 0.15) is 26.2 Å². The van der Waals surface area contributed by atoms with E-state index < -0.39 is 17.9 Å². The van der Waals surface area contributed by atoms with Gasteiger partial charge in [0.15, 0.2) is 11.6 Å². The maximum atomic E-state index is 14.0. The Kier molecular flexibility index (Phi) is 4.43. The third kappa shape index (κ3) is 3.99. The molecule has 0 aliphatic heterocycles. The highest BCUT2D eigenvalue weighted by Crippen LogP contribution is 2.67. The van der Waals surface area contributed by atoms with Gasteiger partial charge in [-0.15, -0.1) is 13.2 Å². The van der Waals surface area contributed by atoms with Crippen molar-refractivity contribution in [3.8, 4) is 17.0 Å². The van der Waals surface area contributed by atoms with Gasteiger partial charge in [-0.1, -0.05) is 0 Å². The Morgan fingerprint density at radius 3 is 2.55 bits per heavy atom. The van der Waals surface area contributed by atoms with Crippen LogP contribution in [0, 0.1) is 11.2 Å². The van der Waals surface area contributed by atoms with Crippen LogP contribution < -0.4 is 15.4 Å². The number of amides is 1. The van der Waals surface area contributed by atoms with E-state index in [0.717, 1.165) is 43.6 Å². The van der Waals surface area contributed by atoms with Gasteiger partial charge in [0.1, 0.15) is 0 Å². The van der Waals surface area contributed by atoms with E-state index in [1.807, 2.05) is 0 Å². The zero-order valence-corrected chi connectivity index (χ0v) is 15.6. The quantitative estimate of drug-likeness (QED) is 0.700. The minimum absolute atomic E-state index is 0.0103. The molecule has 3 saturated carbocycles. The smallest absolute Gasteiger partial charge is 0.403 e. The highest BCUT2D eigenvalue weighted by Gasteiger charge is 2.67. The summed E-state index contributed by atoms with van der Waals surface area (Å²) in [6.07, 6.45) is -0.579. The van der Waals surface area contributed by atoms with Crippen molar-refractivity contribution in [1.29, 1.82) is 0 Å². The van der Waals surface area contributed by atoms with Crippen LogP contribution in [0.4, 0.5) is 23.2 Å². The van der Waals surface area contributed by atoms with Gasteiger partial charge < -0.3 is 15.4 Å². The van der Waals surface area contributed by atoms with Gasteiger partial charge in [-0.05, 0) is 55.0 Å². The lowest BCUT2D eigenvalue weighted by molar-refractivity contribution is -0.275. The van der Waals surface area contributed by atoms with Gasteiger partial charge in [0.25, 0.3) is 0 Å². The Bertz CT molecular complexity index is 941. The molecule has 0 spiro atoms. The van der Waals surface area contributed by atoms with Gasteiger partial charge in [0.2, 0.25) is 5.91 Å². The first kappa shape index (κ1) is 19.5. The first-order valence-electron chi connectivity index (χ1n) is 9.12. The minimum atomic E-state index is -4.95. The van der Waals surface area contributed by atoms with Crippen molar-refractivity contribution in [2.75, 3.05) is 11.9 Å². The summed E-state index contributed by atoms with van der Waals surface area (Å²) in [7, 11) is 0. The maximum Gasteiger partial charge on any atom is 0.573 e. The number of hydrogen-bond acceptors (Lipinski definition) is 4. The van der Waals surface area contributed by atoms with Crippen LogP contribution in [-0.2, 0) is 4.79 Å². The molecule has 0 radical (unpaired) electrons. The average molecular weight is 409 g/mol. The van der Waals surface area contributed by atoms with Crippen LogP contribution in [0.3, 0.4) is 0 Å². The number of halogens is 4. The number of benzene rings is 1. The van der Waals surface area contributed by atoms with Gasteiger partial charge in [-0.3, -0.25) is 9.78 Å². The summed E-state index contributed by atoms with van der Waals surface area (Å²) in [5.41, 5.74) is 1.70. The number of anilines is 1. The molecule has 3 fully saturated rings. The molecule has 1 aromatic heterocycles. The Morgan fingerprint density at radius 2 is 1.93 bits per heavy atom. The summed E-state index contributed by atoms with van der Waals surface area (Å²) in [4.78, 5) is 15.4. The topological polar surface area (TPSA) is 63.2 Å². The first-order chi connectivity index (χ1) is 13.6. The van der Waals surface area contributed by atoms with Gasteiger partial charge >= 0.3 is 6.36 Å². The third-order valence-electron chi connectivity index (χ3n) is 5.46. The number of carbonyl (C=O) groups is 1. The molecule has 5 nitrogen and oxygen atoms in total. The molecular formula is C20H19F4N3O2. The molecule has 1 aromatic carbocycles. The van der Waals surface area contributed by atoms with Crippen molar-refractivity contribution in [2.45, 2.75) is 38.1 Å². The lowest BCUT2D eigenvalue weighted by atomic mass is 9.39. The van der Waals surface area contributed by atoms with E-state index in [4.69, 9.17) is 0 Å². The number of carbonyl (C=O) groups excluding carboxylic acids is 1. The van der Waals surface area contributed by atoms with Crippen LogP contribution in [0.15, 0.2) is 36.5 Å². The molecule has 1 amide bonds. The minimum Gasteiger partial charge on any atom is -0.403 e. The lowest BCUT2D eigenvalue weighted by Gasteiger charge is -2.70. The molecule has 3 aliphatic rings. The molecule has 2 N–H and O–H groups in total. The fourth-order valence-electron chi connectivity index (χ4n) is 4.55. The van der Waals surface area contributed by atoms with Crippen molar-refractivity contribution in [3.63, 3.8) is 0 Å². The lowest BCUT2D eigenvalue weighted by Crippen LogP contribution is -2.76. The molecular weight excluding hydrogens is 390 g/mol. The summed E-state index contributed by atoms with van der Waals surface area (Å²) < 4.78 is 54.4. The van der Waals surface area contributed by atoms with Crippen LogP contribution in [0.5, 0.6) is 5.75 Å². The van der Waals surface area contributed by atoms with Crippen molar-refractivity contribution in [1.82, 2.24) is 10.3 Å². The second kappa shape index (κ2) is 6.60. The number of nitrogens with zero attached hydrogens (tertiary/aromatic N) is 1. The number of pyridine rings is 1. The summed E-state index contributed by atoms with van der Waals surface area (Å²) in [6, 6.07) is 6.72. The van der Waals surface area contributed by atoms with Crippen molar-refractivity contribution in [2.24, 2.45) is 5.41 Å². The summed E-state index contributed by atoms with van der Waals surface area (Å²) >= 11 is 0. The van der Waals surface area contributed by atoms with E-state index in [1.54, 1.807) is 18.3 Å². The van der Waals surface area contributed by atoms with Crippen molar-refractivity contribution < 1.29 is 27.1 Å². The van der Waals surface area contributed by atoms with Crippen molar-refractivity contribution >= 4 is 11.6 Å². The Morgan fingerprint density at radius 1 is 1.21 bits per heavy atom. The van der Waals surface area contributed by atoms with Crippen LogP contribution in [0.25, 0.3) is 11.3 Å². The SMILES string of the molecule is CC(=O)NC12CC(CNc3ccnc(-c4ccc(OC(F)(F)F)c(F)c4)c3)(C1)C2. The molecule has 0 saturated heterocycles. The van der Waals surface area contributed by atoms with Gasteiger partial charge in [0.05, 0.1) is 5.69 Å². The number of aromatic nitrogens is 1. The Balaban J connectivity index is 1.40. The van der Waals surface area contributed by atoms with Crippen LogP contribution in [0.2, 0.25) is 0 Å². The number of ether oxygens (including phenoxy) is 1. The maximum absolute atomic E-state index is 14.0. The van der Waals surface area contributed by atoms with Gasteiger partial charge in [-0.25, -0.2) is 4.39 Å². The standard InChI is InChI=1S/C20H19F4N3O2/c1-12(28)27-19-8-18(9-19,10-19)11-26-14-4-5-25-16(7-14)13-2-3-17(15(21)6-13)29-20(22,23)24/h2-7H,8-11H2,1H3,(H,25,26)(H,27,28). The van der Waals surface area contributed by atoms with Crippen LogP contribution in [-0.4, -0.2) is 29.3 Å². The summed E-state index contributed by atoms with van der Waals surface area (Å²) in [5, 5.41) is 6.35. The number of alkyl halides is 3. The van der Waals surface area contributed by atoms with Crippen LogP contribution >= 0.6 is 0 Å². The summed E-state index contributed by atoms with van der Waals surface area (Å²) in [5.74, 6) is -2.01. The fourth-order valence-corrected chi connectivity index (χ4v) is 4.55. The highest BCUT2D eigenvalue weighted by atomic mass is 19.4. The molecule has 2 bridgehead atoms. The first-order valence-corrected chi connectivity index (χ1v) is 9.12. The van der Waals surface area contributed by atoms with Gasteiger partial charge in [0, 0.05) is 36.5 Å². The van der Waals surface area contributed by atoms with E-state index in [1.165, 1.54) is 13.0 Å². The number of hydrogen-bond donors (Lipinski definition) is 2. The molecule has 1 heterocycles. The number of nitrogens with one attached hydrogen (secondary N) is 2. The Labute approximate surface area is 164 Å². The average Bonchev–Trinajstić information content (AvgIpc) is 2.56. The molecule has 2 aromatic rings. The molecule has 29 heavy (non-hydrogen) atoms. The molecule has 0 unspecified atom stereocenters. The Hall–Kier alpha value is -2.84. The van der Waals surface area contributed by atoms with E-state index >= 15 is 0 Å². The normalized spacial score (nSPS) is 24.9. The van der Waals surface area contributed by atoms with E-state index in [-0.39, 0.29) is 16.9 Å². The fraction of sp³-hybridized carbons (Fsp3) is 0.400. The molecule has 5 rings (SSSR count).